The Morgan fingerprint density at radius 2 is 1.74 bits per heavy atom. The van der Waals surface area contributed by atoms with E-state index in [2.05, 4.69) is 5.16 Å². The van der Waals surface area contributed by atoms with Gasteiger partial charge in [0, 0.05) is 22.7 Å². The maximum absolute atomic E-state index is 13.0. The smallest absolute Gasteiger partial charge is 0.497 e. The third kappa shape index (κ3) is 3.12. The van der Waals surface area contributed by atoms with Crippen molar-refractivity contribution in [2.45, 2.75) is 5.51 Å². The normalized spacial score (nSPS) is 13.1. The van der Waals surface area contributed by atoms with Crippen LogP contribution < -0.4 is 4.74 Å². The number of halogens is 3. The van der Waals surface area contributed by atoms with Crippen LogP contribution in [0.5, 0.6) is 5.75 Å². The van der Waals surface area contributed by atoms with Crippen LogP contribution in [0.25, 0.3) is 10.9 Å². The summed E-state index contributed by atoms with van der Waals surface area (Å²) in [4.78, 5) is 0. The zero-order valence-electron chi connectivity index (χ0n) is 13.8. The first-order valence-electron chi connectivity index (χ1n) is 7.49. The summed E-state index contributed by atoms with van der Waals surface area (Å²) in [6, 6.07) is 11.9. The largest absolute Gasteiger partial charge is 0.517 e. The van der Waals surface area contributed by atoms with Gasteiger partial charge in [0.05, 0.1) is 12.6 Å². The number of aromatic nitrogens is 1. The molecule has 6 nitrogen and oxygen atoms in total. The van der Waals surface area contributed by atoms with E-state index >= 15 is 0 Å². The van der Waals surface area contributed by atoms with E-state index in [4.69, 9.17) is 4.74 Å². The van der Waals surface area contributed by atoms with Crippen LogP contribution in [0.3, 0.4) is 0 Å². The predicted molar refractivity (Wildman–Crippen MR) is 92.7 cm³/mol. The van der Waals surface area contributed by atoms with Crippen molar-refractivity contribution >= 4 is 26.6 Å². The molecule has 0 aliphatic carbocycles. The van der Waals surface area contributed by atoms with Crippen molar-refractivity contribution < 1.29 is 31.5 Å². The van der Waals surface area contributed by atoms with Gasteiger partial charge in [-0.15, -0.1) is 0 Å². The minimum atomic E-state index is -5.66. The fraction of sp³-hybridized carbons (Fsp3) is 0.118. The van der Waals surface area contributed by atoms with Crippen LogP contribution in [0, 0.1) is 0 Å². The van der Waals surface area contributed by atoms with Crippen LogP contribution in [-0.2, 0) is 10.0 Å². The fourth-order valence-electron chi connectivity index (χ4n) is 2.66. The number of methoxy groups -OCH3 is 1. The summed E-state index contributed by atoms with van der Waals surface area (Å²) in [6.45, 7) is 0. The zero-order valence-corrected chi connectivity index (χ0v) is 14.6. The molecule has 0 aliphatic heterocycles. The number of rotatable bonds is 4. The third-order valence-corrected chi connectivity index (χ3v) is 5.35. The summed E-state index contributed by atoms with van der Waals surface area (Å²) in [5.74, 6) is 0.526. The van der Waals surface area contributed by atoms with Gasteiger partial charge in [0.25, 0.3) is 0 Å². The highest BCUT2D eigenvalue weighted by Crippen LogP contribution is 2.32. The van der Waals surface area contributed by atoms with Crippen LogP contribution in [0.2, 0.25) is 0 Å². The van der Waals surface area contributed by atoms with Crippen molar-refractivity contribution in [2.75, 3.05) is 7.11 Å². The van der Waals surface area contributed by atoms with Gasteiger partial charge in [-0.3, -0.25) is 0 Å². The summed E-state index contributed by atoms with van der Waals surface area (Å²) >= 11 is 0. The Kier molecular flexibility index (Phi) is 4.60. The van der Waals surface area contributed by atoms with Crippen molar-refractivity contribution in [3.63, 3.8) is 0 Å². The molecule has 0 atom stereocenters. The molecule has 0 aliphatic rings. The number of para-hydroxylation sites is 1. The Hall–Kier alpha value is -3.01. The van der Waals surface area contributed by atoms with Crippen molar-refractivity contribution in [1.82, 2.24) is 3.97 Å². The van der Waals surface area contributed by atoms with Gasteiger partial charge in [-0.2, -0.15) is 21.6 Å². The molecular formula is C17H13F3N2O4S. The van der Waals surface area contributed by atoms with Gasteiger partial charge in [-0.1, -0.05) is 23.4 Å². The number of benzene rings is 2. The van der Waals surface area contributed by atoms with Crippen LogP contribution in [0.4, 0.5) is 13.2 Å². The fourth-order valence-corrected chi connectivity index (χ4v) is 3.55. The summed E-state index contributed by atoms with van der Waals surface area (Å²) in [5.41, 5.74) is -5.34. The highest BCUT2D eigenvalue weighted by Gasteiger charge is 2.48. The average molecular weight is 398 g/mol. The van der Waals surface area contributed by atoms with Gasteiger partial charge in [-0.05, 0) is 30.3 Å². The number of fused-ring (bicyclic) bond motifs is 1. The zero-order chi connectivity index (χ0) is 19.8. The van der Waals surface area contributed by atoms with E-state index in [-0.39, 0.29) is 26.2 Å². The van der Waals surface area contributed by atoms with E-state index in [1.165, 1.54) is 37.4 Å². The quantitative estimate of drug-likeness (QED) is 0.414. The summed E-state index contributed by atoms with van der Waals surface area (Å²) in [6.07, 6.45) is 0.798. The Labute approximate surface area is 152 Å². The SMILES string of the molecule is COc1ccc(/C(=N/O)c2cn(S(=O)(=O)C(F)(F)F)c3ccccc23)cc1. The van der Waals surface area contributed by atoms with Crippen LogP contribution in [0.1, 0.15) is 11.1 Å². The molecule has 27 heavy (non-hydrogen) atoms. The van der Waals surface area contributed by atoms with Gasteiger partial charge in [0.1, 0.15) is 11.5 Å². The van der Waals surface area contributed by atoms with Gasteiger partial charge in [-0.25, -0.2) is 3.97 Å². The molecule has 0 saturated carbocycles. The minimum Gasteiger partial charge on any atom is -0.497 e. The molecular weight excluding hydrogens is 385 g/mol. The number of hydrogen-bond donors (Lipinski definition) is 1. The van der Waals surface area contributed by atoms with Crippen molar-refractivity contribution in [1.29, 1.82) is 0 Å². The molecule has 0 bridgehead atoms. The molecule has 0 fully saturated rings. The molecule has 0 unspecified atom stereocenters. The molecule has 0 radical (unpaired) electrons. The Morgan fingerprint density at radius 3 is 2.30 bits per heavy atom. The van der Waals surface area contributed by atoms with E-state index < -0.39 is 15.5 Å². The lowest BCUT2D eigenvalue weighted by atomic mass is 10.0. The molecule has 0 saturated heterocycles. The standard InChI is InChI=1S/C17H13F3N2O4S/c1-26-12-8-6-11(7-9-12)16(21-23)14-10-22(27(24,25)17(18,19)20)15-5-3-2-4-13(14)15/h2-10,23H,1H3/b21-16-. The summed E-state index contributed by atoms with van der Waals surface area (Å²) in [7, 11) is -4.19. The van der Waals surface area contributed by atoms with Crippen LogP contribution >= 0.6 is 0 Å². The Morgan fingerprint density at radius 1 is 1.11 bits per heavy atom. The second-order valence-electron chi connectivity index (χ2n) is 5.48. The molecule has 3 rings (SSSR count). The van der Waals surface area contributed by atoms with Crippen LogP contribution in [-0.4, -0.2) is 35.9 Å². The van der Waals surface area contributed by atoms with E-state index in [0.29, 0.717) is 11.3 Å². The minimum absolute atomic E-state index is 0.0334. The molecule has 142 valence electrons. The average Bonchev–Trinajstić information content (AvgIpc) is 3.02. The second-order valence-corrected chi connectivity index (χ2v) is 7.29. The molecule has 10 heteroatoms. The van der Waals surface area contributed by atoms with Crippen LogP contribution in [0.15, 0.2) is 59.9 Å². The number of oxime groups is 1. The first-order chi connectivity index (χ1) is 12.7. The molecule has 2 aromatic carbocycles. The molecule has 3 aromatic rings. The van der Waals surface area contributed by atoms with Crippen molar-refractivity contribution in [2.24, 2.45) is 5.16 Å². The Balaban J connectivity index is 2.26. The van der Waals surface area contributed by atoms with Gasteiger partial charge in [0.2, 0.25) is 0 Å². The first-order valence-corrected chi connectivity index (χ1v) is 8.93. The predicted octanol–water partition coefficient (Wildman–Crippen LogP) is 3.57. The highest BCUT2D eigenvalue weighted by atomic mass is 32.2. The third-order valence-electron chi connectivity index (χ3n) is 3.95. The van der Waals surface area contributed by atoms with Gasteiger partial charge < -0.3 is 9.94 Å². The maximum Gasteiger partial charge on any atom is 0.517 e. The highest BCUT2D eigenvalue weighted by molar-refractivity contribution is 7.90. The molecule has 1 heterocycles. The number of nitrogens with zero attached hydrogens (tertiary/aromatic N) is 2. The van der Waals surface area contributed by atoms with E-state index in [1.54, 1.807) is 18.2 Å². The lowest BCUT2D eigenvalue weighted by Crippen LogP contribution is -2.29. The first kappa shape index (κ1) is 18.8. The Bertz CT molecular complexity index is 1120. The maximum atomic E-state index is 13.0. The lowest BCUT2D eigenvalue weighted by molar-refractivity contribution is -0.0445. The molecule has 0 spiro atoms. The topological polar surface area (TPSA) is 80.9 Å². The molecule has 1 aromatic heterocycles. The van der Waals surface area contributed by atoms with Crippen molar-refractivity contribution in [3.8, 4) is 5.75 Å². The molecule has 1 N–H and O–H groups in total. The second kappa shape index (κ2) is 6.62. The monoisotopic (exact) mass is 398 g/mol. The number of hydrogen-bond acceptors (Lipinski definition) is 5. The molecule has 0 amide bonds. The number of ether oxygens (including phenoxy) is 1. The number of alkyl halides is 3. The van der Waals surface area contributed by atoms with E-state index in [9.17, 15) is 26.8 Å². The van der Waals surface area contributed by atoms with E-state index in [0.717, 1.165) is 6.20 Å². The summed E-state index contributed by atoms with van der Waals surface area (Å²) in [5, 5.41) is 12.8. The van der Waals surface area contributed by atoms with Gasteiger partial charge >= 0.3 is 15.5 Å². The van der Waals surface area contributed by atoms with E-state index in [1.807, 2.05) is 0 Å². The van der Waals surface area contributed by atoms with Gasteiger partial charge in [0.15, 0.2) is 0 Å². The van der Waals surface area contributed by atoms with Crippen molar-refractivity contribution in [3.05, 3.63) is 65.9 Å². The lowest BCUT2D eigenvalue weighted by Gasteiger charge is -2.09. The summed E-state index contributed by atoms with van der Waals surface area (Å²) < 4.78 is 68.2.